The highest BCUT2D eigenvalue weighted by Crippen LogP contribution is 2.30. The maximum atomic E-state index is 12.4. The Balaban J connectivity index is 2.00. The zero-order valence-corrected chi connectivity index (χ0v) is 14.9. The van der Waals surface area contributed by atoms with Crippen molar-refractivity contribution in [2.24, 2.45) is 0 Å². The van der Waals surface area contributed by atoms with E-state index in [1.807, 2.05) is 55.9 Å². The van der Waals surface area contributed by atoms with E-state index in [4.69, 9.17) is 11.6 Å². The standard InChI is InChI=1S/C17H18ClN3OS/c1-4-20(3)16(22)15-9-13-11(2)19-21(17(13)23-15)10-12-7-5-6-8-14(12)18/h5-9H,4,10H2,1-3H3. The Labute approximate surface area is 144 Å². The molecule has 0 spiro atoms. The summed E-state index contributed by atoms with van der Waals surface area (Å²) < 4.78 is 1.93. The molecular formula is C17H18ClN3OS. The summed E-state index contributed by atoms with van der Waals surface area (Å²) in [6.07, 6.45) is 0. The Bertz CT molecular complexity index is 868. The first kappa shape index (κ1) is 16.0. The molecule has 0 unspecified atom stereocenters. The summed E-state index contributed by atoms with van der Waals surface area (Å²) in [5.41, 5.74) is 1.95. The van der Waals surface area contributed by atoms with Gasteiger partial charge in [0.15, 0.2) is 0 Å². The van der Waals surface area contributed by atoms with Gasteiger partial charge in [0.05, 0.1) is 17.1 Å². The molecule has 0 aliphatic rings. The van der Waals surface area contributed by atoms with Crippen LogP contribution < -0.4 is 0 Å². The summed E-state index contributed by atoms with van der Waals surface area (Å²) in [4.78, 5) is 15.8. The molecule has 4 nitrogen and oxygen atoms in total. The van der Waals surface area contributed by atoms with Gasteiger partial charge in [0.25, 0.3) is 5.91 Å². The highest BCUT2D eigenvalue weighted by atomic mass is 35.5. The average molecular weight is 348 g/mol. The maximum Gasteiger partial charge on any atom is 0.263 e. The van der Waals surface area contributed by atoms with Crippen LogP contribution in [0.1, 0.15) is 27.9 Å². The van der Waals surface area contributed by atoms with E-state index in [-0.39, 0.29) is 5.91 Å². The molecule has 6 heteroatoms. The number of carbonyl (C=O) groups excluding carboxylic acids is 1. The molecule has 3 aromatic rings. The fraction of sp³-hybridized carbons (Fsp3) is 0.294. The Morgan fingerprint density at radius 3 is 2.83 bits per heavy atom. The Morgan fingerprint density at radius 2 is 2.13 bits per heavy atom. The van der Waals surface area contributed by atoms with E-state index in [1.165, 1.54) is 11.3 Å². The summed E-state index contributed by atoms with van der Waals surface area (Å²) in [6, 6.07) is 9.70. The molecule has 120 valence electrons. The highest BCUT2D eigenvalue weighted by Gasteiger charge is 2.18. The lowest BCUT2D eigenvalue weighted by atomic mass is 10.2. The second-order valence-corrected chi connectivity index (χ2v) is 6.92. The lowest BCUT2D eigenvalue weighted by Crippen LogP contribution is -2.25. The van der Waals surface area contributed by atoms with Crippen LogP contribution in [0.4, 0.5) is 0 Å². The summed E-state index contributed by atoms with van der Waals surface area (Å²) in [5, 5.41) is 6.36. The topological polar surface area (TPSA) is 38.1 Å². The largest absolute Gasteiger partial charge is 0.341 e. The number of hydrogen-bond acceptors (Lipinski definition) is 3. The number of amides is 1. The van der Waals surface area contributed by atoms with Gasteiger partial charge in [0, 0.05) is 24.0 Å². The van der Waals surface area contributed by atoms with Gasteiger partial charge < -0.3 is 4.90 Å². The summed E-state index contributed by atoms with van der Waals surface area (Å²) in [6.45, 7) is 5.23. The Hall–Kier alpha value is -1.85. The number of hydrogen-bond donors (Lipinski definition) is 0. The number of nitrogens with zero attached hydrogens (tertiary/aromatic N) is 3. The molecule has 0 N–H and O–H groups in total. The van der Waals surface area contributed by atoms with Crippen molar-refractivity contribution in [2.75, 3.05) is 13.6 Å². The van der Waals surface area contributed by atoms with Crippen molar-refractivity contribution in [3.63, 3.8) is 0 Å². The molecule has 1 aromatic carbocycles. The lowest BCUT2D eigenvalue weighted by molar-refractivity contribution is 0.0807. The van der Waals surface area contributed by atoms with E-state index in [0.29, 0.717) is 13.1 Å². The molecule has 0 bridgehead atoms. The minimum atomic E-state index is 0.0531. The third-order valence-corrected chi connectivity index (χ3v) is 5.42. The van der Waals surface area contributed by atoms with Crippen molar-refractivity contribution in [2.45, 2.75) is 20.4 Å². The maximum absolute atomic E-state index is 12.4. The molecule has 3 rings (SSSR count). The molecule has 1 amide bonds. The number of fused-ring (bicyclic) bond motifs is 1. The molecule has 23 heavy (non-hydrogen) atoms. The second-order valence-electron chi connectivity index (χ2n) is 5.48. The van der Waals surface area contributed by atoms with Crippen LogP contribution in [0.2, 0.25) is 5.02 Å². The van der Waals surface area contributed by atoms with E-state index >= 15 is 0 Å². The third-order valence-electron chi connectivity index (χ3n) is 3.92. The first-order valence-electron chi connectivity index (χ1n) is 7.47. The molecule has 0 saturated heterocycles. The number of aromatic nitrogens is 2. The van der Waals surface area contributed by atoms with Gasteiger partial charge in [-0.1, -0.05) is 29.8 Å². The molecule has 0 saturated carbocycles. The van der Waals surface area contributed by atoms with E-state index in [1.54, 1.807) is 4.90 Å². The molecule has 2 heterocycles. The van der Waals surface area contributed by atoms with Crippen molar-refractivity contribution in [3.05, 3.63) is 51.5 Å². The molecule has 0 radical (unpaired) electrons. The van der Waals surface area contributed by atoms with Gasteiger partial charge in [-0.05, 0) is 31.5 Å². The van der Waals surface area contributed by atoms with E-state index in [2.05, 4.69) is 5.10 Å². The highest BCUT2D eigenvalue weighted by molar-refractivity contribution is 7.20. The molecule has 0 aliphatic heterocycles. The number of carbonyl (C=O) groups is 1. The van der Waals surface area contributed by atoms with Crippen LogP contribution >= 0.6 is 22.9 Å². The first-order valence-corrected chi connectivity index (χ1v) is 8.66. The Morgan fingerprint density at radius 1 is 1.39 bits per heavy atom. The molecule has 0 aliphatic carbocycles. The van der Waals surface area contributed by atoms with Crippen LogP contribution in [0.5, 0.6) is 0 Å². The van der Waals surface area contributed by atoms with Gasteiger partial charge in [-0.2, -0.15) is 5.10 Å². The Kier molecular flexibility index (Phi) is 4.41. The van der Waals surface area contributed by atoms with Gasteiger partial charge in [0.2, 0.25) is 0 Å². The van der Waals surface area contributed by atoms with Gasteiger partial charge in [0.1, 0.15) is 4.83 Å². The minimum absolute atomic E-state index is 0.0531. The smallest absolute Gasteiger partial charge is 0.263 e. The van der Waals surface area contributed by atoms with Crippen molar-refractivity contribution in [1.29, 1.82) is 0 Å². The zero-order chi connectivity index (χ0) is 16.6. The zero-order valence-electron chi connectivity index (χ0n) is 13.3. The monoisotopic (exact) mass is 347 g/mol. The van der Waals surface area contributed by atoms with E-state index < -0.39 is 0 Å². The van der Waals surface area contributed by atoms with Crippen molar-refractivity contribution >= 4 is 39.1 Å². The van der Waals surface area contributed by atoms with Crippen LogP contribution in [0.15, 0.2) is 30.3 Å². The van der Waals surface area contributed by atoms with Crippen LogP contribution in [0.25, 0.3) is 10.2 Å². The quantitative estimate of drug-likeness (QED) is 0.709. The first-order chi connectivity index (χ1) is 11.0. The third kappa shape index (κ3) is 2.99. The summed E-state index contributed by atoms with van der Waals surface area (Å²) in [7, 11) is 1.82. The summed E-state index contributed by atoms with van der Waals surface area (Å²) in [5.74, 6) is 0.0531. The van der Waals surface area contributed by atoms with Gasteiger partial charge in [-0.3, -0.25) is 9.48 Å². The summed E-state index contributed by atoms with van der Waals surface area (Å²) >= 11 is 7.74. The van der Waals surface area contributed by atoms with Crippen molar-refractivity contribution in [1.82, 2.24) is 14.7 Å². The molecule has 2 aromatic heterocycles. The number of aryl methyl sites for hydroxylation is 1. The lowest BCUT2D eigenvalue weighted by Gasteiger charge is -2.12. The van der Waals surface area contributed by atoms with Gasteiger partial charge in [-0.25, -0.2) is 0 Å². The predicted octanol–water partition coefficient (Wildman–Crippen LogP) is 4.20. The van der Waals surface area contributed by atoms with Gasteiger partial charge in [-0.15, -0.1) is 11.3 Å². The van der Waals surface area contributed by atoms with Crippen LogP contribution in [0, 0.1) is 6.92 Å². The second kappa shape index (κ2) is 6.34. The minimum Gasteiger partial charge on any atom is -0.341 e. The van der Waals surface area contributed by atoms with Crippen molar-refractivity contribution in [3.8, 4) is 0 Å². The average Bonchev–Trinajstić information content (AvgIpc) is 3.10. The van der Waals surface area contributed by atoms with E-state index in [0.717, 1.165) is 31.4 Å². The van der Waals surface area contributed by atoms with Crippen molar-refractivity contribution < 1.29 is 4.79 Å². The molecule has 0 atom stereocenters. The van der Waals surface area contributed by atoms with Crippen LogP contribution in [0.3, 0.4) is 0 Å². The fourth-order valence-electron chi connectivity index (χ4n) is 2.44. The number of benzene rings is 1. The molecule has 0 fully saturated rings. The predicted molar refractivity (Wildman–Crippen MR) is 95.5 cm³/mol. The van der Waals surface area contributed by atoms with Crippen LogP contribution in [-0.2, 0) is 6.54 Å². The normalized spacial score (nSPS) is 11.1. The SMILES string of the molecule is CCN(C)C(=O)c1cc2c(C)nn(Cc3ccccc3Cl)c2s1. The molecular weight excluding hydrogens is 330 g/mol. The van der Waals surface area contributed by atoms with Crippen LogP contribution in [-0.4, -0.2) is 34.2 Å². The number of thiophene rings is 1. The number of halogens is 1. The fourth-order valence-corrected chi connectivity index (χ4v) is 3.80. The van der Waals surface area contributed by atoms with E-state index in [9.17, 15) is 4.79 Å². The number of rotatable bonds is 4. The van der Waals surface area contributed by atoms with Gasteiger partial charge >= 0.3 is 0 Å².